The molecule has 0 bridgehead atoms. The molecule has 2 atom stereocenters. The molecule has 3 heterocycles. The van der Waals surface area contributed by atoms with Crippen LogP contribution in [0.5, 0.6) is 5.88 Å². The summed E-state index contributed by atoms with van der Waals surface area (Å²) < 4.78 is 8.23. The molecule has 1 aliphatic carbocycles. The van der Waals surface area contributed by atoms with Crippen LogP contribution in [-0.2, 0) is 16.1 Å². The molecule has 2 fully saturated rings. The molecule has 0 aromatic carbocycles. The molecular formula is C25H35N5O5. The van der Waals surface area contributed by atoms with Gasteiger partial charge in [0.25, 0.3) is 11.5 Å². The van der Waals surface area contributed by atoms with Crippen LogP contribution in [0.2, 0.25) is 0 Å². The minimum absolute atomic E-state index is 0.0295. The topological polar surface area (TPSA) is 118 Å². The van der Waals surface area contributed by atoms with Gasteiger partial charge in [-0.2, -0.15) is 9.61 Å². The normalized spacial score (nSPS) is 21.1. The van der Waals surface area contributed by atoms with Crippen LogP contribution < -0.4 is 10.9 Å². The predicted octanol–water partition coefficient (Wildman–Crippen LogP) is 2.10. The van der Waals surface area contributed by atoms with Crippen LogP contribution in [0.4, 0.5) is 0 Å². The molecule has 0 radical (unpaired) electrons. The van der Waals surface area contributed by atoms with E-state index in [4.69, 9.17) is 4.74 Å². The van der Waals surface area contributed by atoms with Crippen molar-refractivity contribution in [3.63, 3.8) is 0 Å². The van der Waals surface area contributed by atoms with Crippen molar-refractivity contribution in [2.45, 2.75) is 79.1 Å². The van der Waals surface area contributed by atoms with Gasteiger partial charge in [0.15, 0.2) is 5.56 Å². The van der Waals surface area contributed by atoms with Crippen molar-refractivity contribution < 1.29 is 19.4 Å². The Bertz CT molecular complexity index is 1240. The van der Waals surface area contributed by atoms with E-state index in [0.29, 0.717) is 30.1 Å². The van der Waals surface area contributed by atoms with E-state index < -0.39 is 17.3 Å². The van der Waals surface area contributed by atoms with Gasteiger partial charge in [-0.15, -0.1) is 0 Å². The van der Waals surface area contributed by atoms with Crippen LogP contribution in [0.15, 0.2) is 10.9 Å². The maximum Gasteiger partial charge on any atom is 0.270 e. The molecule has 0 spiro atoms. The highest BCUT2D eigenvalue weighted by atomic mass is 16.5. The van der Waals surface area contributed by atoms with Gasteiger partial charge in [-0.05, 0) is 45.1 Å². The highest BCUT2D eigenvalue weighted by molar-refractivity contribution is 5.97. The van der Waals surface area contributed by atoms with Gasteiger partial charge in [-0.3, -0.25) is 19.0 Å². The molecule has 10 nitrogen and oxygen atoms in total. The third-order valence-electron chi connectivity index (χ3n) is 6.31. The minimum atomic E-state index is -0.602. The van der Waals surface area contributed by atoms with E-state index in [1.165, 1.54) is 15.2 Å². The molecule has 2 amide bonds. The number of morpholine rings is 1. The van der Waals surface area contributed by atoms with Crippen molar-refractivity contribution in [2.75, 3.05) is 13.2 Å². The van der Waals surface area contributed by atoms with E-state index in [0.717, 1.165) is 12.8 Å². The molecule has 2 aromatic heterocycles. The smallest absolute Gasteiger partial charge is 0.270 e. The zero-order valence-electron chi connectivity index (χ0n) is 21.3. The number of nitrogens with zero attached hydrogens (tertiary/aromatic N) is 4. The molecule has 2 N–H and O–H groups in total. The van der Waals surface area contributed by atoms with E-state index in [9.17, 15) is 19.5 Å². The summed E-state index contributed by atoms with van der Waals surface area (Å²) >= 11 is 0. The lowest BCUT2D eigenvalue weighted by Gasteiger charge is -2.38. The van der Waals surface area contributed by atoms with E-state index in [1.54, 1.807) is 17.9 Å². The number of carbonyl (C=O) groups excluding carboxylic acids is 2. The molecule has 10 heteroatoms. The first kappa shape index (κ1) is 25.0. The van der Waals surface area contributed by atoms with Gasteiger partial charge in [-0.25, -0.2) is 0 Å². The number of hydrogen-bond donors (Lipinski definition) is 2. The summed E-state index contributed by atoms with van der Waals surface area (Å²) in [7, 11) is 0. The average molecular weight is 486 g/mol. The van der Waals surface area contributed by atoms with Gasteiger partial charge in [0, 0.05) is 24.2 Å². The summed E-state index contributed by atoms with van der Waals surface area (Å²) in [6, 6.07) is -0.0880. The SMILES string of the molecule is Cc1nn2c(O)c(C(=O)NC3CC3)c(=O)n(CC(C)(C)C)c2c1/C=C/C(=O)N1[C@@H](C)COC[C@@H]1C. The summed E-state index contributed by atoms with van der Waals surface area (Å²) in [5.41, 5.74) is 0.194. The van der Waals surface area contributed by atoms with Crippen molar-refractivity contribution in [1.29, 1.82) is 0 Å². The summed E-state index contributed by atoms with van der Waals surface area (Å²) in [5.74, 6) is -1.27. The van der Waals surface area contributed by atoms with Crippen LogP contribution in [0.1, 0.15) is 69.1 Å². The van der Waals surface area contributed by atoms with Crippen molar-refractivity contribution in [3.8, 4) is 5.88 Å². The predicted molar refractivity (Wildman–Crippen MR) is 131 cm³/mol. The Kier molecular flexibility index (Phi) is 6.52. The minimum Gasteiger partial charge on any atom is -0.492 e. The van der Waals surface area contributed by atoms with Crippen molar-refractivity contribution >= 4 is 23.5 Å². The van der Waals surface area contributed by atoms with E-state index in [-0.39, 0.29) is 41.6 Å². The van der Waals surface area contributed by atoms with E-state index in [2.05, 4.69) is 10.4 Å². The highest BCUT2D eigenvalue weighted by Crippen LogP contribution is 2.27. The molecule has 4 rings (SSSR count). The number of carbonyl (C=O) groups is 2. The number of hydrogen-bond acceptors (Lipinski definition) is 6. The Morgan fingerprint density at radius 1 is 1.20 bits per heavy atom. The molecule has 1 saturated heterocycles. The second kappa shape index (κ2) is 9.14. The number of aromatic hydroxyl groups is 1. The number of fused-ring (bicyclic) bond motifs is 1. The van der Waals surface area contributed by atoms with Gasteiger partial charge < -0.3 is 20.1 Å². The molecule has 2 aliphatic rings. The van der Waals surface area contributed by atoms with Crippen molar-refractivity contribution in [2.24, 2.45) is 5.41 Å². The zero-order chi connectivity index (χ0) is 25.7. The van der Waals surface area contributed by atoms with Gasteiger partial charge in [0.2, 0.25) is 11.8 Å². The third-order valence-corrected chi connectivity index (χ3v) is 6.31. The lowest BCUT2D eigenvalue weighted by molar-refractivity contribution is -0.138. The Morgan fingerprint density at radius 2 is 1.83 bits per heavy atom. The van der Waals surface area contributed by atoms with Gasteiger partial charge >= 0.3 is 0 Å². The van der Waals surface area contributed by atoms with Crippen LogP contribution in [0, 0.1) is 12.3 Å². The van der Waals surface area contributed by atoms with Gasteiger partial charge in [0.1, 0.15) is 5.65 Å². The maximum atomic E-state index is 13.5. The lowest BCUT2D eigenvalue weighted by atomic mass is 9.96. The quantitative estimate of drug-likeness (QED) is 0.626. The second-order valence-electron chi connectivity index (χ2n) is 10.9. The Balaban J connectivity index is 1.83. The van der Waals surface area contributed by atoms with Crippen molar-refractivity contribution in [1.82, 2.24) is 24.4 Å². The maximum absolute atomic E-state index is 13.5. The first-order chi connectivity index (χ1) is 16.4. The first-order valence-electron chi connectivity index (χ1n) is 12.1. The highest BCUT2D eigenvalue weighted by Gasteiger charge is 2.32. The summed E-state index contributed by atoms with van der Waals surface area (Å²) in [6.45, 7) is 12.8. The molecule has 35 heavy (non-hydrogen) atoms. The standard InChI is InChI=1S/C25H35N5O5/c1-14-11-35-12-15(2)29(14)19(31)10-9-18-16(3)27-30-22(18)28(13-25(4,5)6)23(33)20(24(30)34)21(32)26-17-7-8-17/h9-10,14-15,17,34H,7-8,11-13H2,1-6H3,(H,26,32)/b10-9+/t14-,15-/m0/s1. The first-order valence-corrected chi connectivity index (χ1v) is 12.1. The van der Waals surface area contributed by atoms with Crippen LogP contribution in [-0.4, -0.2) is 67.3 Å². The molecule has 1 aliphatic heterocycles. The third kappa shape index (κ3) is 4.98. The van der Waals surface area contributed by atoms with Gasteiger partial charge in [0.05, 0.1) is 31.0 Å². The number of aromatic nitrogens is 3. The van der Waals surface area contributed by atoms with E-state index >= 15 is 0 Å². The van der Waals surface area contributed by atoms with Crippen molar-refractivity contribution in [3.05, 3.63) is 33.3 Å². The Morgan fingerprint density at radius 3 is 2.40 bits per heavy atom. The number of nitrogens with one attached hydrogen (secondary N) is 1. The van der Waals surface area contributed by atoms with Crippen LogP contribution in [0.25, 0.3) is 11.7 Å². The molecule has 190 valence electrons. The number of rotatable bonds is 5. The summed E-state index contributed by atoms with van der Waals surface area (Å²) in [5, 5.41) is 18.2. The fraction of sp³-hybridized carbons (Fsp3) is 0.600. The number of amides is 2. The Hall–Kier alpha value is -3.14. The largest absolute Gasteiger partial charge is 0.492 e. The summed E-state index contributed by atoms with van der Waals surface area (Å²) in [6.07, 6.45) is 4.82. The fourth-order valence-corrected chi connectivity index (χ4v) is 4.55. The van der Waals surface area contributed by atoms with E-state index in [1.807, 2.05) is 34.6 Å². The number of ether oxygens (including phenoxy) is 1. The number of aryl methyl sites for hydroxylation is 1. The van der Waals surface area contributed by atoms with Gasteiger partial charge in [-0.1, -0.05) is 20.8 Å². The molecule has 1 saturated carbocycles. The molecule has 0 unspecified atom stereocenters. The molecule has 2 aromatic rings. The Labute approximate surface area is 204 Å². The summed E-state index contributed by atoms with van der Waals surface area (Å²) in [4.78, 5) is 41.2. The monoisotopic (exact) mass is 485 g/mol. The lowest BCUT2D eigenvalue weighted by Crippen LogP contribution is -2.51. The average Bonchev–Trinajstić information content (AvgIpc) is 3.49. The molecular weight excluding hydrogens is 450 g/mol. The second-order valence-corrected chi connectivity index (χ2v) is 10.9. The zero-order valence-corrected chi connectivity index (χ0v) is 21.3. The fourth-order valence-electron chi connectivity index (χ4n) is 4.55. The van der Waals surface area contributed by atoms with Crippen LogP contribution in [0.3, 0.4) is 0 Å². The van der Waals surface area contributed by atoms with Crippen LogP contribution >= 0.6 is 0 Å².